The van der Waals surface area contributed by atoms with Gasteiger partial charge in [-0.25, -0.2) is 13.8 Å². The average Bonchev–Trinajstić information content (AvgIpc) is 2.70. The minimum absolute atomic E-state index is 0.375. The van der Waals surface area contributed by atoms with Crippen LogP contribution in [0.5, 0.6) is 11.5 Å². The van der Waals surface area contributed by atoms with Crippen LogP contribution in [0, 0.1) is 6.92 Å². The lowest BCUT2D eigenvalue weighted by Gasteiger charge is -2.21. The van der Waals surface area contributed by atoms with Crippen molar-refractivity contribution in [1.29, 1.82) is 0 Å². The van der Waals surface area contributed by atoms with Crippen molar-refractivity contribution in [3.05, 3.63) is 53.6 Å². The molecule has 0 aliphatic carbocycles. The van der Waals surface area contributed by atoms with E-state index in [0.29, 0.717) is 36.1 Å². The van der Waals surface area contributed by atoms with E-state index in [4.69, 9.17) is 9.47 Å². The SMILES string of the molecule is C/C(=N/NC(=O)CN(c1ccc(C)cc1)S(C)(=O)=O)c1ccc2c(c1)OCCO2. The average molecular weight is 417 g/mol. The Labute approximate surface area is 170 Å². The Balaban J connectivity index is 1.70. The molecule has 1 aliphatic rings. The van der Waals surface area contributed by atoms with Crippen LogP contribution in [-0.4, -0.2) is 46.1 Å². The Morgan fingerprint density at radius 3 is 2.41 bits per heavy atom. The molecule has 2 aromatic carbocycles. The van der Waals surface area contributed by atoms with Gasteiger partial charge in [0.15, 0.2) is 11.5 Å². The zero-order valence-electron chi connectivity index (χ0n) is 16.5. The van der Waals surface area contributed by atoms with Crippen molar-refractivity contribution in [2.45, 2.75) is 13.8 Å². The fourth-order valence-corrected chi connectivity index (χ4v) is 3.61. The second kappa shape index (κ2) is 8.52. The monoisotopic (exact) mass is 417 g/mol. The quantitative estimate of drug-likeness (QED) is 0.573. The number of nitrogens with one attached hydrogen (secondary N) is 1. The fraction of sp³-hybridized carbons (Fsp3) is 0.300. The maximum atomic E-state index is 12.3. The maximum Gasteiger partial charge on any atom is 0.260 e. The lowest BCUT2D eigenvalue weighted by Crippen LogP contribution is -2.39. The van der Waals surface area contributed by atoms with Gasteiger partial charge in [0.2, 0.25) is 10.0 Å². The summed E-state index contributed by atoms with van der Waals surface area (Å²) in [7, 11) is -3.63. The number of hydrazone groups is 1. The predicted molar refractivity (Wildman–Crippen MR) is 111 cm³/mol. The van der Waals surface area contributed by atoms with Crippen LogP contribution in [0.4, 0.5) is 5.69 Å². The minimum Gasteiger partial charge on any atom is -0.486 e. The summed E-state index contributed by atoms with van der Waals surface area (Å²) in [6.45, 7) is 4.24. The molecule has 3 rings (SSSR count). The van der Waals surface area contributed by atoms with E-state index < -0.39 is 15.9 Å². The summed E-state index contributed by atoms with van der Waals surface area (Å²) in [5.41, 5.74) is 5.13. The zero-order valence-corrected chi connectivity index (χ0v) is 17.3. The molecule has 0 radical (unpaired) electrons. The molecular formula is C20H23N3O5S. The summed E-state index contributed by atoms with van der Waals surface area (Å²) in [5.74, 6) is 0.740. The maximum absolute atomic E-state index is 12.3. The molecule has 1 heterocycles. The van der Waals surface area contributed by atoms with E-state index in [1.54, 1.807) is 43.3 Å². The van der Waals surface area contributed by atoms with Gasteiger partial charge in [0.1, 0.15) is 19.8 Å². The Morgan fingerprint density at radius 2 is 1.76 bits per heavy atom. The molecule has 1 N–H and O–H groups in total. The van der Waals surface area contributed by atoms with Gasteiger partial charge in [0, 0.05) is 5.56 Å². The summed E-state index contributed by atoms with van der Waals surface area (Å²) in [6, 6.07) is 12.3. The molecule has 0 saturated carbocycles. The van der Waals surface area contributed by atoms with Crippen molar-refractivity contribution in [3.8, 4) is 11.5 Å². The minimum atomic E-state index is -3.63. The van der Waals surface area contributed by atoms with Crippen molar-refractivity contribution in [2.24, 2.45) is 5.10 Å². The molecule has 0 bridgehead atoms. The third-order valence-corrected chi connectivity index (χ3v) is 5.46. The van der Waals surface area contributed by atoms with Gasteiger partial charge in [0.05, 0.1) is 17.7 Å². The lowest BCUT2D eigenvalue weighted by atomic mass is 10.1. The summed E-state index contributed by atoms with van der Waals surface area (Å²) >= 11 is 0. The van der Waals surface area contributed by atoms with Crippen LogP contribution in [0.1, 0.15) is 18.1 Å². The highest BCUT2D eigenvalue weighted by Gasteiger charge is 2.20. The molecule has 9 heteroatoms. The van der Waals surface area contributed by atoms with E-state index in [0.717, 1.165) is 21.7 Å². The van der Waals surface area contributed by atoms with E-state index in [9.17, 15) is 13.2 Å². The molecule has 0 unspecified atom stereocenters. The molecule has 0 spiro atoms. The molecule has 0 aromatic heterocycles. The number of amides is 1. The first kappa shape index (κ1) is 20.7. The number of rotatable bonds is 6. The number of benzene rings is 2. The van der Waals surface area contributed by atoms with E-state index in [2.05, 4.69) is 10.5 Å². The molecular weight excluding hydrogens is 394 g/mol. The standard InChI is InChI=1S/C20H23N3O5S/c1-14-4-7-17(8-5-14)23(29(3,25)26)13-20(24)22-21-15(2)16-6-9-18-19(12-16)28-11-10-27-18/h4-9,12H,10-11,13H2,1-3H3,(H,22,24)/b21-15-. The van der Waals surface area contributed by atoms with Crippen molar-refractivity contribution in [2.75, 3.05) is 30.3 Å². The van der Waals surface area contributed by atoms with Gasteiger partial charge < -0.3 is 9.47 Å². The van der Waals surface area contributed by atoms with Gasteiger partial charge in [-0.3, -0.25) is 9.10 Å². The molecule has 1 amide bonds. The van der Waals surface area contributed by atoms with Gasteiger partial charge in [-0.1, -0.05) is 17.7 Å². The predicted octanol–water partition coefficient (Wildman–Crippen LogP) is 2.07. The van der Waals surface area contributed by atoms with Gasteiger partial charge in [0.25, 0.3) is 5.91 Å². The fourth-order valence-electron chi connectivity index (χ4n) is 2.76. The number of carbonyl (C=O) groups excluding carboxylic acids is 1. The summed E-state index contributed by atoms with van der Waals surface area (Å²) < 4.78 is 36.3. The molecule has 0 saturated heterocycles. The molecule has 0 fully saturated rings. The highest BCUT2D eigenvalue weighted by molar-refractivity contribution is 7.92. The van der Waals surface area contributed by atoms with Crippen LogP contribution < -0.4 is 19.2 Å². The second-order valence-corrected chi connectivity index (χ2v) is 8.60. The van der Waals surface area contributed by atoms with Gasteiger partial charge in [-0.15, -0.1) is 0 Å². The first-order valence-corrected chi connectivity index (χ1v) is 10.9. The van der Waals surface area contributed by atoms with E-state index in [1.807, 2.05) is 13.0 Å². The highest BCUT2D eigenvalue weighted by atomic mass is 32.2. The van der Waals surface area contributed by atoms with Gasteiger partial charge in [-0.2, -0.15) is 5.10 Å². The van der Waals surface area contributed by atoms with Crippen LogP contribution in [0.3, 0.4) is 0 Å². The zero-order chi connectivity index (χ0) is 21.0. The second-order valence-electron chi connectivity index (χ2n) is 6.70. The molecule has 154 valence electrons. The van der Waals surface area contributed by atoms with Gasteiger partial charge >= 0.3 is 0 Å². The number of hydrogen-bond donors (Lipinski definition) is 1. The largest absolute Gasteiger partial charge is 0.486 e. The Kier molecular flexibility index (Phi) is 6.07. The number of carbonyl (C=O) groups is 1. The Morgan fingerprint density at radius 1 is 1.10 bits per heavy atom. The third kappa shape index (κ3) is 5.26. The first-order chi connectivity index (χ1) is 13.7. The van der Waals surface area contributed by atoms with Crippen LogP contribution in [0.15, 0.2) is 47.6 Å². The molecule has 0 atom stereocenters. The van der Waals surface area contributed by atoms with E-state index >= 15 is 0 Å². The van der Waals surface area contributed by atoms with Crippen molar-refractivity contribution >= 4 is 27.3 Å². The molecule has 8 nitrogen and oxygen atoms in total. The topological polar surface area (TPSA) is 97.3 Å². The van der Waals surface area contributed by atoms with Crippen LogP contribution >= 0.6 is 0 Å². The number of fused-ring (bicyclic) bond motifs is 1. The number of ether oxygens (including phenoxy) is 2. The molecule has 2 aromatic rings. The van der Waals surface area contributed by atoms with Crippen LogP contribution in [-0.2, 0) is 14.8 Å². The highest BCUT2D eigenvalue weighted by Crippen LogP contribution is 2.30. The summed E-state index contributed by atoms with van der Waals surface area (Å²) in [5, 5.41) is 4.09. The number of nitrogens with zero attached hydrogens (tertiary/aromatic N) is 2. The molecule has 29 heavy (non-hydrogen) atoms. The van der Waals surface area contributed by atoms with E-state index in [1.165, 1.54) is 0 Å². The van der Waals surface area contributed by atoms with Gasteiger partial charge in [-0.05, 0) is 44.2 Å². The number of aryl methyl sites for hydroxylation is 1. The Hall–Kier alpha value is -3.07. The number of sulfonamides is 1. The number of anilines is 1. The third-order valence-electron chi connectivity index (χ3n) is 4.32. The molecule has 1 aliphatic heterocycles. The smallest absolute Gasteiger partial charge is 0.260 e. The van der Waals surface area contributed by atoms with Crippen molar-refractivity contribution in [1.82, 2.24) is 5.43 Å². The first-order valence-electron chi connectivity index (χ1n) is 9.01. The van der Waals surface area contributed by atoms with Crippen molar-refractivity contribution in [3.63, 3.8) is 0 Å². The normalized spacial score (nSPS) is 13.7. The summed E-state index contributed by atoms with van der Waals surface area (Å²) in [4.78, 5) is 12.3. The lowest BCUT2D eigenvalue weighted by molar-refractivity contribution is -0.119. The Bertz CT molecular complexity index is 1030. The number of hydrogen-bond acceptors (Lipinski definition) is 6. The summed E-state index contributed by atoms with van der Waals surface area (Å²) in [6.07, 6.45) is 1.06. The van der Waals surface area contributed by atoms with Crippen LogP contribution in [0.2, 0.25) is 0 Å². The van der Waals surface area contributed by atoms with Crippen molar-refractivity contribution < 1.29 is 22.7 Å². The van der Waals surface area contributed by atoms with E-state index in [-0.39, 0.29) is 6.54 Å². The van der Waals surface area contributed by atoms with Crippen LogP contribution in [0.25, 0.3) is 0 Å².